The third-order valence-electron chi connectivity index (χ3n) is 4.80. The summed E-state index contributed by atoms with van der Waals surface area (Å²) in [6.07, 6.45) is 1.44. The molecule has 0 radical (unpaired) electrons. The number of rotatable bonds is 7. The van der Waals surface area contributed by atoms with E-state index in [0.29, 0.717) is 31.9 Å². The number of hydrogen-bond donors (Lipinski definition) is 2. The normalized spacial score (nSPS) is 14.0. The van der Waals surface area contributed by atoms with Crippen LogP contribution in [0, 0.1) is 24.0 Å². The van der Waals surface area contributed by atoms with Gasteiger partial charge in [0.2, 0.25) is 0 Å². The smallest absolute Gasteiger partial charge is 0.270 e. The average molecular weight is 411 g/mol. The summed E-state index contributed by atoms with van der Waals surface area (Å²) >= 11 is 0. The summed E-state index contributed by atoms with van der Waals surface area (Å²) in [7, 11) is 0. The monoisotopic (exact) mass is 411 g/mol. The molecule has 9 nitrogen and oxygen atoms in total. The zero-order valence-electron chi connectivity index (χ0n) is 17.1. The molecule has 2 aromatic rings. The highest BCUT2D eigenvalue weighted by Gasteiger charge is 2.17. The van der Waals surface area contributed by atoms with Crippen LogP contribution in [0.15, 0.2) is 41.5 Å². The summed E-state index contributed by atoms with van der Waals surface area (Å²) in [5.41, 5.74) is 6.85. The molecule has 1 heterocycles. The van der Waals surface area contributed by atoms with Crippen LogP contribution < -0.4 is 15.6 Å². The van der Waals surface area contributed by atoms with Gasteiger partial charge in [-0.25, -0.2) is 5.43 Å². The van der Waals surface area contributed by atoms with Crippen molar-refractivity contribution in [3.8, 4) is 0 Å². The van der Waals surface area contributed by atoms with E-state index in [2.05, 4.69) is 20.7 Å². The number of morpholine rings is 1. The number of ether oxygens (including phenoxy) is 1. The number of carbonyl (C=O) groups excluding carboxylic acids is 1. The van der Waals surface area contributed by atoms with E-state index in [0.717, 1.165) is 22.5 Å². The maximum Gasteiger partial charge on any atom is 0.270 e. The van der Waals surface area contributed by atoms with Gasteiger partial charge in [-0.1, -0.05) is 12.1 Å². The van der Waals surface area contributed by atoms with Crippen LogP contribution in [0.5, 0.6) is 0 Å². The van der Waals surface area contributed by atoms with Gasteiger partial charge < -0.3 is 15.0 Å². The van der Waals surface area contributed by atoms with Gasteiger partial charge in [-0.2, -0.15) is 5.10 Å². The van der Waals surface area contributed by atoms with Gasteiger partial charge in [0, 0.05) is 42.2 Å². The summed E-state index contributed by atoms with van der Waals surface area (Å²) < 4.78 is 5.37. The second kappa shape index (κ2) is 9.84. The Labute approximate surface area is 174 Å². The van der Waals surface area contributed by atoms with Crippen LogP contribution in [0.3, 0.4) is 0 Å². The molecule has 1 saturated heterocycles. The highest BCUT2D eigenvalue weighted by molar-refractivity contribution is 5.90. The zero-order chi connectivity index (χ0) is 21.5. The number of nitro benzene ring substituents is 1. The molecule has 2 aromatic carbocycles. The van der Waals surface area contributed by atoms with Crippen molar-refractivity contribution in [1.82, 2.24) is 5.43 Å². The lowest BCUT2D eigenvalue weighted by Gasteiger charge is -2.29. The van der Waals surface area contributed by atoms with Crippen LogP contribution >= 0.6 is 0 Å². The number of nitrogens with zero attached hydrogens (tertiary/aromatic N) is 3. The Bertz CT molecular complexity index is 954. The van der Waals surface area contributed by atoms with E-state index in [9.17, 15) is 14.9 Å². The number of carbonyl (C=O) groups is 1. The van der Waals surface area contributed by atoms with E-state index in [1.54, 1.807) is 6.07 Å². The Morgan fingerprint density at radius 3 is 2.73 bits per heavy atom. The minimum Gasteiger partial charge on any atom is -0.378 e. The molecule has 0 atom stereocenters. The number of non-ortho nitro benzene ring substituents is 1. The molecule has 9 heteroatoms. The van der Waals surface area contributed by atoms with Crippen molar-refractivity contribution in [3.05, 3.63) is 63.2 Å². The molecule has 1 amide bonds. The van der Waals surface area contributed by atoms with Gasteiger partial charge in [-0.15, -0.1) is 0 Å². The summed E-state index contributed by atoms with van der Waals surface area (Å²) in [5.74, 6) is -0.314. The Morgan fingerprint density at radius 2 is 2.00 bits per heavy atom. The van der Waals surface area contributed by atoms with Gasteiger partial charge in [0.1, 0.15) is 0 Å². The maximum atomic E-state index is 12.1. The largest absolute Gasteiger partial charge is 0.378 e. The van der Waals surface area contributed by atoms with Gasteiger partial charge in [0.25, 0.3) is 11.6 Å². The number of benzene rings is 2. The standard InChI is InChI=1S/C21H25N5O4/c1-15-3-4-16(2)19(11-15)22-14-21(27)24-23-13-17-12-18(26(28)29)5-6-20(17)25-7-9-30-10-8-25/h3-6,11-13,22H,7-10,14H2,1-2H3,(H,24,27)/b23-13-. The molecule has 0 saturated carbocycles. The van der Waals surface area contributed by atoms with Gasteiger partial charge in [0.15, 0.2) is 0 Å². The lowest BCUT2D eigenvalue weighted by Crippen LogP contribution is -2.36. The van der Waals surface area contributed by atoms with E-state index in [-0.39, 0.29) is 18.1 Å². The van der Waals surface area contributed by atoms with Crippen LogP contribution in [0.1, 0.15) is 16.7 Å². The Balaban J connectivity index is 1.66. The van der Waals surface area contributed by atoms with E-state index >= 15 is 0 Å². The van der Waals surface area contributed by atoms with Gasteiger partial charge >= 0.3 is 0 Å². The first-order valence-corrected chi connectivity index (χ1v) is 9.68. The molecule has 1 aliphatic rings. The lowest BCUT2D eigenvalue weighted by atomic mass is 10.1. The molecule has 0 unspecified atom stereocenters. The van der Waals surface area contributed by atoms with Crippen LogP contribution in [0.2, 0.25) is 0 Å². The van der Waals surface area contributed by atoms with E-state index in [1.807, 2.05) is 32.0 Å². The summed E-state index contributed by atoms with van der Waals surface area (Å²) in [6.45, 7) is 6.57. The molecule has 3 rings (SSSR count). The predicted molar refractivity (Wildman–Crippen MR) is 116 cm³/mol. The minimum absolute atomic E-state index is 0.0311. The molecule has 30 heavy (non-hydrogen) atoms. The van der Waals surface area contributed by atoms with E-state index in [1.165, 1.54) is 18.3 Å². The molecule has 2 N–H and O–H groups in total. The number of hydrazone groups is 1. The quantitative estimate of drug-likeness (QED) is 0.412. The van der Waals surface area contributed by atoms with Crippen LogP contribution in [0.4, 0.5) is 17.1 Å². The average Bonchev–Trinajstić information content (AvgIpc) is 2.75. The minimum atomic E-state index is -0.451. The number of nitro groups is 1. The molecule has 1 fully saturated rings. The van der Waals surface area contributed by atoms with Crippen molar-refractivity contribution in [2.75, 3.05) is 43.1 Å². The highest BCUT2D eigenvalue weighted by Crippen LogP contribution is 2.25. The Morgan fingerprint density at radius 1 is 1.23 bits per heavy atom. The van der Waals surface area contributed by atoms with Crippen molar-refractivity contribution in [2.45, 2.75) is 13.8 Å². The first kappa shape index (κ1) is 21.3. The third kappa shape index (κ3) is 5.54. The number of anilines is 2. The summed E-state index contributed by atoms with van der Waals surface area (Å²) in [4.78, 5) is 24.9. The second-order valence-electron chi connectivity index (χ2n) is 7.06. The topological polar surface area (TPSA) is 109 Å². The Hall–Kier alpha value is -3.46. The summed E-state index contributed by atoms with van der Waals surface area (Å²) in [5, 5.41) is 18.2. The fourth-order valence-electron chi connectivity index (χ4n) is 3.17. The van der Waals surface area contributed by atoms with Crippen molar-refractivity contribution >= 4 is 29.2 Å². The molecule has 0 aromatic heterocycles. The van der Waals surface area contributed by atoms with Crippen molar-refractivity contribution < 1.29 is 14.5 Å². The molecule has 0 bridgehead atoms. The van der Waals surface area contributed by atoms with E-state index in [4.69, 9.17) is 4.74 Å². The molecule has 0 aliphatic carbocycles. The molecule has 158 valence electrons. The maximum absolute atomic E-state index is 12.1. The fraction of sp³-hybridized carbons (Fsp3) is 0.333. The number of hydrogen-bond acceptors (Lipinski definition) is 7. The lowest BCUT2D eigenvalue weighted by molar-refractivity contribution is -0.384. The Kier molecular flexibility index (Phi) is 6.97. The first-order chi connectivity index (χ1) is 14.4. The van der Waals surface area contributed by atoms with Crippen molar-refractivity contribution in [3.63, 3.8) is 0 Å². The van der Waals surface area contributed by atoms with Gasteiger partial charge in [-0.3, -0.25) is 14.9 Å². The van der Waals surface area contributed by atoms with Crippen LogP contribution in [-0.2, 0) is 9.53 Å². The molecule has 1 aliphatic heterocycles. The van der Waals surface area contributed by atoms with E-state index < -0.39 is 4.92 Å². The van der Waals surface area contributed by atoms with Gasteiger partial charge in [0.05, 0.1) is 30.9 Å². The fourth-order valence-corrected chi connectivity index (χ4v) is 3.17. The predicted octanol–water partition coefficient (Wildman–Crippen LogP) is 2.61. The number of aryl methyl sites for hydroxylation is 2. The number of nitrogens with one attached hydrogen (secondary N) is 2. The first-order valence-electron chi connectivity index (χ1n) is 9.68. The van der Waals surface area contributed by atoms with Crippen LogP contribution in [0.25, 0.3) is 0 Å². The van der Waals surface area contributed by atoms with Crippen molar-refractivity contribution in [2.24, 2.45) is 5.10 Å². The number of amides is 1. The molecule has 0 spiro atoms. The zero-order valence-corrected chi connectivity index (χ0v) is 17.1. The van der Waals surface area contributed by atoms with Gasteiger partial charge in [-0.05, 0) is 37.1 Å². The molecular formula is C21H25N5O4. The SMILES string of the molecule is Cc1ccc(C)c(NCC(=O)N/N=C\c2cc([N+](=O)[O-])ccc2N2CCOCC2)c1. The van der Waals surface area contributed by atoms with Crippen LogP contribution in [-0.4, -0.2) is 49.9 Å². The highest BCUT2D eigenvalue weighted by atomic mass is 16.6. The molecular weight excluding hydrogens is 386 g/mol. The second-order valence-corrected chi connectivity index (χ2v) is 7.06. The summed E-state index contributed by atoms with van der Waals surface area (Å²) in [6, 6.07) is 10.6. The van der Waals surface area contributed by atoms with Crippen molar-refractivity contribution in [1.29, 1.82) is 0 Å². The third-order valence-corrected chi connectivity index (χ3v) is 4.80.